The van der Waals surface area contributed by atoms with Gasteiger partial charge >= 0.3 is 0 Å². The van der Waals surface area contributed by atoms with Gasteiger partial charge in [-0.1, -0.05) is 36.5 Å². The predicted molar refractivity (Wildman–Crippen MR) is 75.5 cm³/mol. The molecule has 1 amide bonds. The first kappa shape index (κ1) is 11.9. The summed E-state index contributed by atoms with van der Waals surface area (Å²) < 4.78 is 0. The largest absolute Gasteiger partial charge is 0.360 e. The number of aryl methyl sites for hydroxylation is 1. The number of nitrogens with one attached hydrogen (secondary N) is 2. The number of H-pyrrole nitrogens is 1. The van der Waals surface area contributed by atoms with Crippen LogP contribution in [0, 0.1) is 0 Å². The third kappa shape index (κ3) is 2.22. The molecule has 3 rings (SSSR count). The molecule has 0 radical (unpaired) electrons. The molecule has 0 bridgehead atoms. The summed E-state index contributed by atoms with van der Waals surface area (Å²) in [6.07, 6.45) is 2.53. The number of hydrogen-bond donors (Lipinski definition) is 2. The van der Waals surface area contributed by atoms with E-state index in [1.165, 1.54) is 11.3 Å². The van der Waals surface area contributed by atoms with Gasteiger partial charge in [0, 0.05) is 17.1 Å². The third-order valence-electron chi connectivity index (χ3n) is 2.82. The lowest BCUT2D eigenvalue weighted by Gasteiger charge is -1.98. The van der Waals surface area contributed by atoms with Gasteiger partial charge in [-0.3, -0.25) is 10.1 Å². The van der Waals surface area contributed by atoms with Gasteiger partial charge < -0.3 is 4.98 Å². The number of aromatic amines is 1. The van der Waals surface area contributed by atoms with Crippen molar-refractivity contribution in [3.05, 3.63) is 41.0 Å². The normalized spacial score (nSPS) is 10.8. The van der Waals surface area contributed by atoms with Gasteiger partial charge in [-0.25, -0.2) is 0 Å². The Labute approximate surface area is 113 Å². The van der Waals surface area contributed by atoms with E-state index in [1.54, 1.807) is 6.20 Å². The molecular formula is C13H12N4OS. The lowest BCUT2D eigenvalue weighted by atomic mass is 10.2. The topological polar surface area (TPSA) is 70.7 Å². The molecular weight excluding hydrogens is 260 g/mol. The maximum atomic E-state index is 12.2. The number of amides is 1. The maximum Gasteiger partial charge on any atom is 0.259 e. The molecule has 5 nitrogen and oxygen atoms in total. The molecule has 6 heteroatoms. The summed E-state index contributed by atoms with van der Waals surface area (Å²) in [6, 6.07) is 7.69. The maximum absolute atomic E-state index is 12.2. The van der Waals surface area contributed by atoms with E-state index in [4.69, 9.17) is 0 Å². The van der Waals surface area contributed by atoms with E-state index in [0.29, 0.717) is 10.7 Å². The van der Waals surface area contributed by atoms with Crippen LogP contribution in [0.5, 0.6) is 0 Å². The number of rotatable bonds is 3. The summed E-state index contributed by atoms with van der Waals surface area (Å²) in [5, 5.41) is 13.0. The predicted octanol–water partition coefficient (Wildman–Crippen LogP) is 2.83. The van der Waals surface area contributed by atoms with Gasteiger partial charge in [-0.15, -0.1) is 10.2 Å². The third-order valence-corrected chi connectivity index (χ3v) is 3.81. The van der Waals surface area contributed by atoms with Gasteiger partial charge in [0.15, 0.2) is 0 Å². The zero-order valence-corrected chi connectivity index (χ0v) is 11.1. The number of benzene rings is 1. The second kappa shape index (κ2) is 4.81. The Bertz CT molecular complexity index is 731. The molecule has 0 aliphatic heterocycles. The van der Waals surface area contributed by atoms with Crippen molar-refractivity contribution in [3.63, 3.8) is 0 Å². The van der Waals surface area contributed by atoms with E-state index in [9.17, 15) is 4.79 Å². The van der Waals surface area contributed by atoms with Gasteiger partial charge in [0.1, 0.15) is 5.01 Å². The molecule has 3 aromatic rings. The number of carbonyl (C=O) groups excluding carboxylic acids is 1. The average molecular weight is 272 g/mol. The number of para-hydroxylation sites is 1. The Morgan fingerprint density at radius 3 is 3.00 bits per heavy atom. The minimum absolute atomic E-state index is 0.170. The molecule has 2 heterocycles. The highest BCUT2D eigenvalue weighted by Crippen LogP contribution is 2.20. The minimum Gasteiger partial charge on any atom is -0.360 e. The molecule has 96 valence electrons. The van der Waals surface area contributed by atoms with E-state index < -0.39 is 0 Å². The summed E-state index contributed by atoms with van der Waals surface area (Å²) in [5.41, 5.74) is 1.56. The van der Waals surface area contributed by atoms with Crippen LogP contribution in [-0.4, -0.2) is 21.1 Å². The van der Waals surface area contributed by atoms with Crippen LogP contribution in [0.15, 0.2) is 30.5 Å². The standard InChI is InChI=1S/C13H12N4OS/c1-2-11-16-17-13(19-11)15-12(18)9-7-14-10-6-4-3-5-8(9)10/h3-7,14H,2H2,1H3,(H,15,17,18). The average Bonchev–Trinajstić information content (AvgIpc) is 3.04. The zero-order valence-electron chi connectivity index (χ0n) is 10.3. The summed E-state index contributed by atoms with van der Waals surface area (Å²) in [4.78, 5) is 15.3. The van der Waals surface area contributed by atoms with Crippen molar-refractivity contribution in [3.8, 4) is 0 Å². The molecule has 0 atom stereocenters. The van der Waals surface area contributed by atoms with Crippen molar-refractivity contribution in [1.29, 1.82) is 0 Å². The zero-order chi connectivity index (χ0) is 13.2. The summed E-state index contributed by atoms with van der Waals surface area (Å²) in [5.74, 6) is -0.170. The number of anilines is 1. The van der Waals surface area contributed by atoms with Crippen LogP contribution in [0.1, 0.15) is 22.3 Å². The molecule has 2 N–H and O–H groups in total. The quantitative estimate of drug-likeness (QED) is 0.770. The van der Waals surface area contributed by atoms with Crippen LogP contribution >= 0.6 is 11.3 Å². The van der Waals surface area contributed by atoms with Gasteiger partial charge in [0.25, 0.3) is 5.91 Å². The Morgan fingerprint density at radius 1 is 1.37 bits per heavy atom. The lowest BCUT2D eigenvalue weighted by molar-refractivity contribution is 0.102. The molecule has 0 aliphatic rings. The van der Waals surface area contributed by atoms with Crippen LogP contribution in [0.3, 0.4) is 0 Å². The molecule has 0 aliphatic carbocycles. The Kier molecular flexibility index (Phi) is 3.00. The monoisotopic (exact) mass is 272 g/mol. The fourth-order valence-electron chi connectivity index (χ4n) is 1.87. The Hall–Kier alpha value is -2.21. The first-order valence-corrected chi connectivity index (χ1v) is 6.79. The van der Waals surface area contributed by atoms with Crippen LogP contribution in [0.25, 0.3) is 10.9 Å². The molecule has 0 spiro atoms. The van der Waals surface area contributed by atoms with E-state index in [2.05, 4.69) is 20.5 Å². The Balaban J connectivity index is 1.87. The van der Waals surface area contributed by atoms with Gasteiger partial charge in [-0.2, -0.15) is 0 Å². The summed E-state index contributed by atoms with van der Waals surface area (Å²) in [6.45, 7) is 2.01. The number of carbonyl (C=O) groups is 1. The lowest BCUT2D eigenvalue weighted by Crippen LogP contribution is -2.11. The van der Waals surface area contributed by atoms with Gasteiger partial charge in [-0.05, 0) is 12.5 Å². The van der Waals surface area contributed by atoms with Crippen molar-refractivity contribution in [2.75, 3.05) is 5.32 Å². The first-order chi connectivity index (χ1) is 9.28. The molecule has 1 aromatic carbocycles. The van der Waals surface area contributed by atoms with Crippen molar-refractivity contribution in [2.24, 2.45) is 0 Å². The van der Waals surface area contributed by atoms with Crippen molar-refractivity contribution < 1.29 is 4.79 Å². The van der Waals surface area contributed by atoms with Crippen LogP contribution in [-0.2, 0) is 6.42 Å². The van der Waals surface area contributed by atoms with Gasteiger partial charge in [0.05, 0.1) is 5.56 Å². The van der Waals surface area contributed by atoms with Crippen LogP contribution in [0.2, 0.25) is 0 Å². The molecule has 19 heavy (non-hydrogen) atoms. The van der Waals surface area contributed by atoms with Crippen molar-refractivity contribution in [2.45, 2.75) is 13.3 Å². The second-order valence-electron chi connectivity index (χ2n) is 4.06. The molecule has 0 saturated carbocycles. The second-order valence-corrected chi connectivity index (χ2v) is 5.12. The van der Waals surface area contributed by atoms with Gasteiger partial charge in [0.2, 0.25) is 5.13 Å². The smallest absolute Gasteiger partial charge is 0.259 e. The molecule has 2 aromatic heterocycles. The number of fused-ring (bicyclic) bond motifs is 1. The van der Waals surface area contributed by atoms with E-state index in [1.807, 2.05) is 31.2 Å². The minimum atomic E-state index is -0.170. The highest BCUT2D eigenvalue weighted by Gasteiger charge is 2.13. The fourth-order valence-corrected chi connectivity index (χ4v) is 2.55. The molecule has 0 fully saturated rings. The Morgan fingerprint density at radius 2 is 2.21 bits per heavy atom. The number of hydrogen-bond acceptors (Lipinski definition) is 4. The molecule has 0 saturated heterocycles. The molecule has 0 unspecified atom stereocenters. The highest BCUT2D eigenvalue weighted by molar-refractivity contribution is 7.15. The van der Waals surface area contributed by atoms with Crippen molar-refractivity contribution in [1.82, 2.24) is 15.2 Å². The van der Waals surface area contributed by atoms with Crippen molar-refractivity contribution >= 4 is 33.3 Å². The summed E-state index contributed by atoms with van der Waals surface area (Å²) in [7, 11) is 0. The van der Waals surface area contributed by atoms with Crippen LogP contribution < -0.4 is 5.32 Å². The van der Waals surface area contributed by atoms with E-state index in [0.717, 1.165) is 22.3 Å². The van der Waals surface area contributed by atoms with E-state index >= 15 is 0 Å². The van der Waals surface area contributed by atoms with E-state index in [-0.39, 0.29) is 5.91 Å². The number of aromatic nitrogens is 3. The number of nitrogens with zero attached hydrogens (tertiary/aromatic N) is 2. The first-order valence-electron chi connectivity index (χ1n) is 5.97. The highest BCUT2D eigenvalue weighted by atomic mass is 32.1. The summed E-state index contributed by atoms with van der Waals surface area (Å²) >= 11 is 1.40. The SMILES string of the molecule is CCc1nnc(NC(=O)c2c[nH]c3ccccc23)s1. The fraction of sp³-hybridized carbons (Fsp3) is 0.154. The van der Waals surface area contributed by atoms with Crippen LogP contribution in [0.4, 0.5) is 5.13 Å².